The Morgan fingerprint density at radius 1 is 1.00 bits per heavy atom. The zero-order chi connectivity index (χ0) is 20.7. The Bertz CT molecular complexity index is 1250. The number of pyridine rings is 1. The summed E-state index contributed by atoms with van der Waals surface area (Å²) >= 11 is 4.07. The van der Waals surface area contributed by atoms with Gasteiger partial charge in [0.1, 0.15) is 4.83 Å². The van der Waals surface area contributed by atoms with Crippen LogP contribution in [-0.2, 0) is 24.1 Å². The molecule has 0 spiro atoms. The number of nitrogens with zero attached hydrogens (tertiary/aromatic N) is 1. The van der Waals surface area contributed by atoms with Crippen molar-refractivity contribution in [3.8, 4) is 22.4 Å². The zero-order valence-corrected chi connectivity index (χ0v) is 19.3. The molecular formula is C25H20INO2S. The minimum atomic E-state index is -0.829. The molecule has 2 heterocycles. The fourth-order valence-electron chi connectivity index (χ4n) is 4.42. The van der Waals surface area contributed by atoms with Gasteiger partial charge in [0, 0.05) is 19.4 Å². The van der Waals surface area contributed by atoms with Gasteiger partial charge in [-0.15, -0.1) is 11.3 Å². The highest BCUT2D eigenvalue weighted by Crippen LogP contribution is 2.45. The number of aromatic nitrogens is 1. The van der Waals surface area contributed by atoms with E-state index in [1.807, 2.05) is 42.5 Å². The van der Waals surface area contributed by atoms with Crippen LogP contribution in [0.4, 0.5) is 0 Å². The number of carbonyl (C=O) groups is 1. The summed E-state index contributed by atoms with van der Waals surface area (Å²) in [4.78, 5) is 19.4. The predicted octanol–water partition coefficient (Wildman–Crippen LogP) is 6.74. The third-order valence-corrected chi connectivity index (χ3v) is 7.62. The number of benzene rings is 2. The molecule has 0 atom stereocenters. The molecular weight excluding hydrogens is 505 g/mol. The number of carboxylic acids is 1. The number of carboxylic acid groups (broad SMARTS) is 1. The molecule has 5 rings (SSSR count). The summed E-state index contributed by atoms with van der Waals surface area (Å²) in [5.41, 5.74) is 6.08. The second-order valence-electron chi connectivity index (χ2n) is 7.65. The van der Waals surface area contributed by atoms with E-state index in [4.69, 9.17) is 4.98 Å². The van der Waals surface area contributed by atoms with Gasteiger partial charge in [0.05, 0.1) is 12.1 Å². The number of aliphatic carboxylic acids is 1. The van der Waals surface area contributed by atoms with E-state index in [0.29, 0.717) is 0 Å². The van der Waals surface area contributed by atoms with Gasteiger partial charge in [-0.3, -0.25) is 4.79 Å². The Morgan fingerprint density at radius 2 is 1.73 bits per heavy atom. The van der Waals surface area contributed by atoms with E-state index in [1.54, 1.807) is 11.3 Å². The van der Waals surface area contributed by atoms with Crippen LogP contribution < -0.4 is 0 Å². The van der Waals surface area contributed by atoms with Gasteiger partial charge in [-0.2, -0.15) is 0 Å². The molecule has 2 aromatic carbocycles. The second kappa shape index (κ2) is 8.12. The van der Waals surface area contributed by atoms with Gasteiger partial charge in [0.2, 0.25) is 0 Å². The standard InChI is InChI=1S/C25H20INO2S/c26-17-12-10-16(11-13-17)24-19(14-21(28)29)22(15-6-2-1-3-7-15)23-18-8-4-5-9-20(18)30-25(23)27-24/h1-3,6-7,10-13H,4-5,8-9,14H2,(H,28,29). The van der Waals surface area contributed by atoms with Crippen LogP contribution in [0.5, 0.6) is 0 Å². The first-order valence-electron chi connectivity index (χ1n) is 10.1. The lowest BCUT2D eigenvalue weighted by Gasteiger charge is -2.18. The molecule has 0 bridgehead atoms. The first-order chi connectivity index (χ1) is 14.6. The maximum Gasteiger partial charge on any atom is 0.307 e. The second-order valence-corrected chi connectivity index (χ2v) is 9.98. The van der Waals surface area contributed by atoms with Crippen LogP contribution in [0.25, 0.3) is 32.6 Å². The number of thiophene rings is 1. The molecule has 0 amide bonds. The number of rotatable bonds is 4. The van der Waals surface area contributed by atoms with Gasteiger partial charge in [-0.25, -0.2) is 4.98 Å². The van der Waals surface area contributed by atoms with Gasteiger partial charge in [0.15, 0.2) is 0 Å². The molecule has 30 heavy (non-hydrogen) atoms. The fourth-order valence-corrected chi connectivity index (χ4v) is 6.05. The first kappa shape index (κ1) is 19.7. The van der Waals surface area contributed by atoms with Crippen LogP contribution in [0.1, 0.15) is 28.8 Å². The minimum absolute atomic E-state index is 0.0426. The lowest BCUT2D eigenvalue weighted by molar-refractivity contribution is -0.136. The predicted molar refractivity (Wildman–Crippen MR) is 131 cm³/mol. The third-order valence-electron chi connectivity index (χ3n) is 5.71. The SMILES string of the molecule is O=C(O)Cc1c(-c2ccc(I)cc2)nc2sc3c(c2c1-c1ccccc1)CCCC3. The molecule has 150 valence electrons. The average Bonchev–Trinajstić information content (AvgIpc) is 3.12. The number of fused-ring (bicyclic) bond motifs is 3. The van der Waals surface area contributed by atoms with Crippen molar-refractivity contribution in [1.29, 1.82) is 0 Å². The van der Waals surface area contributed by atoms with E-state index in [0.717, 1.165) is 49.2 Å². The molecule has 0 saturated carbocycles. The molecule has 4 aromatic rings. The zero-order valence-electron chi connectivity index (χ0n) is 16.3. The highest BCUT2D eigenvalue weighted by atomic mass is 127. The van der Waals surface area contributed by atoms with E-state index in [2.05, 4.69) is 34.7 Å². The van der Waals surface area contributed by atoms with Gasteiger partial charge in [0.25, 0.3) is 0 Å². The summed E-state index contributed by atoms with van der Waals surface area (Å²) in [6.45, 7) is 0. The summed E-state index contributed by atoms with van der Waals surface area (Å²) in [5, 5.41) is 11.0. The van der Waals surface area contributed by atoms with Crippen molar-refractivity contribution in [2.24, 2.45) is 0 Å². The Balaban J connectivity index is 1.90. The highest BCUT2D eigenvalue weighted by molar-refractivity contribution is 14.1. The molecule has 0 saturated heterocycles. The molecule has 0 aliphatic heterocycles. The van der Waals surface area contributed by atoms with Crippen molar-refractivity contribution in [3.05, 3.63) is 74.2 Å². The monoisotopic (exact) mass is 525 g/mol. The first-order valence-corrected chi connectivity index (χ1v) is 12.0. The molecule has 0 radical (unpaired) electrons. The van der Waals surface area contributed by atoms with Crippen molar-refractivity contribution < 1.29 is 9.90 Å². The topological polar surface area (TPSA) is 50.2 Å². The van der Waals surface area contributed by atoms with Crippen molar-refractivity contribution in [1.82, 2.24) is 4.98 Å². The van der Waals surface area contributed by atoms with Crippen molar-refractivity contribution >= 4 is 50.1 Å². The number of hydrogen-bond donors (Lipinski definition) is 1. The Labute approximate surface area is 192 Å². The molecule has 2 aromatic heterocycles. The van der Waals surface area contributed by atoms with Gasteiger partial charge < -0.3 is 5.11 Å². The van der Waals surface area contributed by atoms with Crippen molar-refractivity contribution in [2.75, 3.05) is 0 Å². The summed E-state index contributed by atoms with van der Waals surface area (Å²) in [7, 11) is 0. The molecule has 5 heteroatoms. The van der Waals surface area contributed by atoms with Crippen molar-refractivity contribution in [2.45, 2.75) is 32.1 Å². The molecule has 0 unspecified atom stereocenters. The van der Waals surface area contributed by atoms with E-state index in [9.17, 15) is 9.90 Å². The van der Waals surface area contributed by atoms with Crippen LogP contribution in [0.3, 0.4) is 0 Å². The summed E-state index contributed by atoms with van der Waals surface area (Å²) in [6, 6.07) is 18.4. The van der Waals surface area contributed by atoms with Crippen LogP contribution in [0.2, 0.25) is 0 Å². The maximum absolute atomic E-state index is 11.9. The van der Waals surface area contributed by atoms with Gasteiger partial charge in [-0.1, -0.05) is 42.5 Å². The molecule has 1 aliphatic rings. The molecule has 0 fully saturated rings. The van der Waals surface area contributed by atoms with Gasteiger partial charge >= 0.3 is 5.97 Å². The summed E-state index contributed by atoms with van der Waals surface area (Å²) in [5.74, 6) is -0.829. The van der Waals surface area contributed by atoms with E-state index < -0.39 is 5.97 Å². The quantitative estimate of drug-likeness (QED) is 0.300. The smallest absolute Gasteiger partial charge is 0.307 e. The minimum Gasteiger partial charge on any atom is -0.481 e. The average molecular weight is 525 g/mol. The van der Waals surface area contributed by atoms with E-state index in [-0.39, 0.29) is 6.42 Å². The van der Waals surface area contributed by atoms with Gasteiger partial charge in [-0.05, 0) is 82.7 Å². The normalized spacial score (nSPS) is 13.4. The Hall–Kier alpha value is -2.25. The van der Waals surface area contributed by atoms with Crippen molar-refractivity contribution in [3.63, 3.8) is 0 Å². The lowest BCUT2D eigenvalue weighted by Crippen LogP contribution is -2.07. The fraction of sp³-hybridized carbons (Fsp3) is 0.200. The molecule has 1 N–H and O–H groups in total. The van der Waals surface area contributed by atoms with Crippen LogP contribution in [-0.4, -0.2) is 16.1 Å². The number of hydrogen-bond acceptors (Lipinski definition) is 3. The van der Waals surface area contributed by atoms with Crippen LogP contribution >= 0.6 is 33.9 Å². The maximum atomic E-state index is 11.9. The molecule has 1 aliphatic carbocycles. The highest BCUT2D eigenvalue weighted by Gasteiger charge is 2.26. The molecule has 3 nitrogen and oxygen atoms in total. The third kappa shape index (κ3) is 3.54. The van der Waals surface area contributed by atoms with E-state index in [1.165, 1.54) is 28.7 Å². The summed E-state index contributed by atoms with van der Waals surface area (Å²) in [6.07, 6.45) is 4.50. The summed E-state index contributed by atoms with van der Waals surface area (Å²) < 4.78 is 1.15. The number of halogens is 1. The van der Waals surface area contributed by atoms with Crippen LogP contribution in [0, 0.1) is 3.57 Å². The van der Waals surface area contributed by atoms with E-state index >= 15 is 0 Å². The van der Waals surface area contributed by atoms with Crippen LogP contribution in [0.15, 0.2) is 54.6 Å². The Kier molecular flexibility index (Phi) is 5.33. The largest absolute Gasteiger partial charge is 0.481 e. The Morgan fingerprint density at radius 3 is 2.47 bits per heavy atom. The lowest BCUT2D eigenvalue weighted by atomic mass is 9.87. The number of aryl methyl sites for hydroxylation is 2.